The highest BCUT2D eigenvalue weighted by atomic mass is 79.9. The molecule has 0 saturated carbocycles. The fraction of sp³-hybridized carbons (Fsp3) is 0.318. The highest BCUT2D eigenvalue weighted by Crippen LogP contribution is 2.40. The summed E-state index contributed by atoms with van der Waals surface area (Å²) in [7, 11) is -3.73. The van der Waals surface area contributed by atoms with Gasteiger partial charge in [0.1, 0.15) is 17.2 Å². The van der Waals surface area contributed by atoms with Crippen LogP contribution in [0.25, 0.3) is 22.3 Å². The van der Waals surface area contributed by atoms with E-state index < -0.39 is 21.4 Å². The van der Waals surface area contributed by atoms with Crippen LogP contribution in [0.4, 0.5) is 10.1 Å². The van der Waals surface area contributed by atoms with E-state index in [1.807, 2.05) is 0 Å². The first-order valence-electron chi connectivity index (χ1n) is 9.57. The van der Waals surface area contributed by atoms with Crippen LogP contribution in [0.1, 0.15) is 37.6 Å². The lowest BCUT2D eigenvalue weighted by Gasteiger charge is -2.29. The van der Waals surface area contributed by atoms with Gasteiger partial charge in [-0.25, -0.2) is 12.8 Å². The fourth-order valence-electron chi connectivity index (χ4n) is 3.29. The van der Waals surface area contributed by atoms with E-state index in [-0.39, 0.29) is 24.4 Å². The molecule has 3 rings (SSSR count). The van der Waals surface area contributed by atoms with Gasteiger partial charge in [0.25, 0.3) is 0 Å². The molecular formula is C22H23BrFNO5S. The first-order chi connectivity index (χ1) is 14.3. The van der Waals surface area contributed by atoms with Gasteiger partial charge in [0.15, 0.2) is 5.78 Å². The molecule has 0 saturated heterocycles. The van der Waals surface area contributed by atoms with Gasteiger partial charge >= 0.3 is 0 Å². The lowest BCUT2D eigenvalue weighted by atomic mass is 10.0. The molecule has 1 aromatic heterocycles. The monoisotopic (exact) mass is 511 g/mol. The van der Waals surface area contributed by atoms with Gasteiger partial charge in [0.2, 0.25) is 10.0 Å². The van der Waals surface area contributed by atoms with E-state index in [1.54, 1.807) is 13.0 Å². The van der Waals surface area contributed by atoms with Crippen molar-refractivity contribution in [1.82, 2.24) is 0 Å². The van der Waals surface area contributed by atoms with Crippen LogP contribution in [0, 0.1) is 5.82 Å². The number of halogens is 2. The zero-order valence-corrected chi connectivity index (χ0v) is 20.0. The van der Waals surface area contributed by atoms with Crippen molar-refractivity contribution in [3.63, 3.8) is 0 Å². The summed E-state index contributed by atoms with van der Waals surface area (Å²) in [4.78, 5) is 12.7. The van der Waals surface area contributed by atoms with Crippen molar-refractivity contribution in [3.8, 4) is 11.3 Å². The number of hydrogen-bond donors (Lipinski definition) is 1. The van der Waals surface area contributed by atoms with Gasteiger partial charge in [-0.1, -0.05) is 6.92 Å². The predicted octanol–water partition coefficient (Wildman–Crippen LogP) is 5.13. The summed E-state index contributed by atoms with van der Waals surface area (Å²) in [6.07, 6.45) is 1.28. The highest BCUT2D eigenvalue weighted by molar-refractivity contribution is 9.10. The second kappa shape index (κ2) is 8.37. The van der Waals surface area contributed by atoms with Crippen LogP contribution >= 0.6 is 15.9 Å². The molecule has 1 heterocycles. The molecule has 0 aliphatic carbocycles. The lowest BCUT2D eigenvalue weighted by molar-refractivity contribution is 0.0909. The van der Waals surface area contributed by atoms with Crippen molar-refractivity contribution in [1.29, 1.82) is 0 Å². The Balaban J connectivity index is 2.28. The maximum absolute atomic E-state index is 13.4. The summed E-state index contributed by atoms with van der Waals surface area (Å²) in [6.45, 7) is 4.57. The molecule has 166 valence electrons. The van der Waals surface area contributed by atoms with E-state index >= 15 is 0 Å². The molecular weight excluding hydrogens is 489 g/mol. The van der Waals surface area contributed by atoms with Crippen LogP contribution in [-0.2, 0) is 10.0 Å². The normalized spacial score (nSPS) is 12.4. The number of benzene rings is 2. The Morgan fingerprint density at radius 2 is 1.84 bits per heavy atom. The van der Waals surface area contributed by atoms with Gasteiger partial charge in [-0.3, -0.25) is 9.10 Å². The second-order valence-corrected chi connectivity index (χ2v) is 10.7. The van der Waals surface area contributed by atoms with Gasteiger partial charge in [-0.2, -0.15) is 0 Å². The third-order valence-corrected chi connectivity index (χ3v) is 6.42. The van der Waals surface area contributed by atoms with Crippen molar-refractivity contribution in [2.75, 3.05) is 17.1 Å². The number of Topliss-reactive ketones (excluding diaryl/α,β-unsaturated/α-hetero) is 1. The van der Waals surface area contributed by atoms with Crippen LogP contribution in [0.3, 0.4) is 0 Å². The summed E-state index contributed by atoms with van der Waals surface area (Å²) < 4.78 is 45.8. The number of anilines is 1. The molecule has 31 heavy (non-hydrogen) atoms. The fourth-order valence-corrected chi connectivity index (χ4v) is 5.02. The smallest absolute Gasteiger partial charge is 0.232 e. The van der Waals surface area contributed by atoms with E-state index in [2.05, 4.69) is 15.9 Å². The SMILES string of the molecule is CCC(=O)c1c(-c2ccc(F)cc2)oc2cc(N(CC(C)(C)O)S(C)(=O)=O)c(Br)cc12. The molecule has 0 aliphatic rings. The lowest BCUT2D eigenvalue weighted by Crippen LogP contribution is -2.42. The van der Waals surface area contributed by atoms with E-state index in [1.165, 1.54) is 44.2 Å². The van der Waals surface area contributed by atoms with E-state index in [0.29, 0.717) is 32.3 Å². The van der Waals surface area contributed by atoms with Gasteiger partial charge in [0.05, 0.1) is 29.7 Å². The number of aliphatic hydroxyl groups is 1. The van der Waals surface area contributed by atoms with Gasteiger partial charge < -0.3 is 9.52 Å². The standard InChI is InChI=1S/C22H23BrFNO5S/c1-5-18(26)20-15-10-16(23)17(25(31(4,28)29)12-22(2,3)27)11-19(15)30-21(20)13-6-8-14(24)9-7-13/h6-11,27H,5,12H2,1-4H3. The van der Waals surface area contributed by atoms with Crippen LogP contribution in [-0.4, -0.2) is 37.7 Å². The number of hydrogen-bond acceptors (Lipinski definition) is 5. The Morgan fingerprint density at radius 1 is 1.23 bits per heavy atom. The van der Waals surface area contributed by atoms with Crippen molar-refractivity contribution >= 4 is 48.4 Å². The Morgan fingerprint density at radius 3 is 2.35 bits per heavy atom. The van der Waals surface area contributed by atoms with Crippen molar-refractivity contribution in [3.05, 3.63) is 52.3 Å². The van der Waals surface area contributed by atoms with Crippen LogP contribution in [0.2, 0.25) is 0 Å². The molecule has 0 amide bonds. The molecule has 9 heteroatoms. The minimum Gasteiger partial charge on any atom is -0.455 e. The first kappa shape index (κ1) is 23.4. The summed E-state index contributed by atoms with van der Waals surface area (Å²) in [5, 5.41) is 10.7. The molecule has 2 aromatic carbocycles. The summed E-state index contributed by atoms with van der Waals surface area (Å²) in [6, 6.07) is 8.74. The largest absolute Gasteiger partial charge is 0.455 e. The molecule has 6 nitrogen and oxygen atoms in total. The van der Waals surface area contributed by atoms with Gasteiger partial charge in [-0.15, -0.1) is 0 Å². The number of furan rings is 1. The third kappa shape index (κ3) is 4.99. The molecule has 0 aliphatic heterocycles. The quantitative estimate of drug-likeness (QED) is 0.444. The number of ketones is 1. The molecule has 0 unspecified atom stereocenters. The number of nitrogens with zero attached hydrogens (tertiary/aromatic N) is 1. The molecule has 3 aromatic rings. The highest BCUT2D eigenvalue weighted by Gasteiger charge is 2.29. The molecule has 0 fully saturated rings. The third-order valence-electron chi connectivity index (χ3n) is 4.66. The molecule has 0 radical (unpaired) electrons. The van der Waals surface area contributed by atoms with E-state index in [9.17, 15) is 22.7 Å². The van der Waals surface area contributed by atoms with Crippen LogP contribution in [0.15, 0.2) is 45.3 Å². The molecule has 1 N–H and O–H groups in total. The van der Waals surface area contributed by atoms with E-state index in [0.717, 1.165) is 10.6 Å². The maximum Gasteiger partial charge on any atom is 0.232 e. The molecule has 0 atom stereocenters. The van der Waals surface area contributed by atoms with Crippen LogP contribution < -0.4 is 4.31 Å². The zero-order valence-electron chi connectivity index (χ0n) is 17.6. The second-order valence-electron chi connectivity index (χ2n) is 7.97. The number of carbonyl (C=O) groups is 1. The zero-order chi connectivity index (χ0) is 23.1. The Bertz CT molecular complexity index is 1240. The molecule has 0 bridgehead atoms. The number of carbonyl (C=O) groups excluding carboxylic acids is 1. The minimum atomic E-state index is -3.73. The summed E-state index contributed by atoms with van der Waals surface area (Å²) in [5.74, 6) is -0.280. The summed E-state index contributed by atoms with van der Waals surface area (Å²) in [5.41, 5.74) is 0.169. The Labute approximate surface area is 188 Å². The topological polar surface area (TPSA) is 87.8 Å². The average molecular weight is 512 g/mol. The van der Waals surface area contributed by atoms with Crippen LogP contribution in [0.5, 0.6) is 0 Å². The van der Waals surface area contributed by atoms with Crippen molar-refractivity contribution in [2.24, 2.45) is 0 Å². The van der Waals surface area contributed by atoms with Gasteiger partial charge in [0, 0.05) is 27.9 Å². The number of sulfonamides is 1. The molecule has 0 spiro atoms. The average Bonchev–Trinajstić information content (AvgIpc) is 3.02. The first-order valence-corrected chi connectivity index (χ1v) is 12.2. The predicted molar refractivity (Wildman–Crippen MR) is 122 cm³/mol. The van der Waals surface area contributed by atoms with Crippen molar-refractivity contribution in [2.45, 2.75) is 32.8 Å². The number of fused-ring (bicyclic) bond motifs is 1. The Hall–Kier alpha value is -2.23. The minimum absolute atomic E-state index is 0.158. The van der Waals surface area contributed by atoms with Gasteiger partial charge in [-0.05, 0) is 60.1 Å². The number of rotatable bonds is 7. The van der Waals surface area contributed by atoms with E-state index in [4.69, 9.17) is 4.42 Å². The Kier molecular flexibility index (Phi) is 6.32. The summed E-state index contributed by atoms with van der Waals surface area (Å²) >= 11 is 3.41. The maximum atomic E-state index is 13.4. The van der Waals surface area contributed by atoms with Crippen molar-refractivity contribution < 1.29 is 27.1 Å².